The summed E-state index contributed by atoms with van der Waals surface area (Å²) in [5, 5.41) is 3.33. The predicted molar refractivity (Wildman–Crippen MR) is 116 cm³/mol. The number of nitrogens with one attached hydrogen (secondary N) is 1. The van der Waals surface area contributed by atoms with Crippen LogP contribution in [-0.4, -0.2) is 66.7 Å². The van der Waals surface area contributed by atoms with Crippen molar-refractivity contribution >= 4 is 30.7 Å². The van der Waals surface area contributed by atoms with E-state index in [0.29, 0.717) is 13.2 Å². The normalized spacial score (nSPS) is 24.9. The molecule has 2 aliphatic heterocycles. The molecule has 1 unspecified atom stereocenters. The first kappa shape index (κ1) is 23.4. The molecule has 1 aromatic rings. The van der Waals surface area contributed by atoms with Crippen LogP contribution in [0.3, 0.4) is 0 Å². The summed E-state index contributed by atoms with van der Waals surface area (Å²) in [4.78, 5) is 17.8. The molecule has 158 valence electrons. The molecule has 5 nitrogen and oxygen atoms in total. The molecule has 3 aliphatic rings. The number of ether oxygens (including phenoxy) is 1. The van der Waals surface area contributed by atoms with Crippen LogP contribution >= 0.6 is 24.8 Å². The van der Waals surface area contributed by atoms with Crippen LogP contribution < -0.4 is 5.32 Å². The molecular formula is C21H33Cl2N3O2. The van der Waals surface area contributed by atoms with Crippen molar-refractivity contribution in [1.29, 1.82) is 0 Å². The van der Waals surface area contributed by atoms with E-state index in [2.05, 4.69) is 45.4 Å². The molecule has 4 rings (SSSR count). The highest BCUT2D eigenvalue weighted by Gasteiger charge is 2.44. The molecule has 1 N–H and O–H groups in total. The Labute approximate surface area is 181 Å². The lowest BCUT2D eigenvalue weighted by atomic mass is 9.78. The Morgan fingerprint density at radius 1 is 1.11 bits per heavy atom. The number of rotatable bonds is 3. The van der Waals surface area contributed by atoms with E-state index < -0.39 is 0 Å². The maximum Gasteiger partial charge on any atom is 0.242 e. The third-order valence-electron chi connectivity index (χ3n) is 6.33. The first-order valence-electron chi connectivity index (χ1n) is 10.2. The molecule has 0 aromatic heterocycles. The lowest BCUT2D eigenvalue weighted by Crippen LogP contribution is -2.65. The number of morpholine rings is 1. The number of halogens is 2. The molecule has 1 spiro atoms. The van der Waals surface area contributed by atoms with Crippen molar-refractivity contribution in [3.8, 4) is 0 Å². The third kappa shape index (κ3) is 5.19. The smallest absolute Gasteiger partial charge is 0.242 e. The highest BCUT2D eigenvalue weighted by atomic mass is 35.5. The summed E-state index contributed by atoms with van der Waals surface area (Å²) in [6.07, 6.45) is 6.29. The topological polar surface area (TPSA) is 44.8 Å². The number of hydrogen-bond acceptors (Lipinski definition) is 4. The van der Waals surface area contributed by atoms with E-state index in [1.54, 1.807) is 0 Å². The van der Waals surface area contributed by atoms with Gasteiger partial charge in [-0.1, -0.05) is 49.6 Å². The highest BCUT2D eigenvalue weighted by molar-refractivity contribution is 5.85. The lowest BCUT2D eigenvalue weighted by Gasteiger charge is -2.53. The van der Waals surface area contributed by atoms with Gasteiger partial charge >= 0.3 is 0 Å². The summed E-state index contributed by atoms with van der Waals surface area (Å²) < 4.78 is 5.51. The van der Waals surface area contributed by atoms with Crippen LogP contribution in [0, 0.1) is 0 Å². The number of amides is 1. The fourth-order valence-corrected chi connectivity index (χ4v) is 4.88. The van der Waals surface area contributed by atoms with E-state index in [-0.39, 0.29) is 42.3 Å². The minimum atomic E-state index is -0.162. The van der Waals surface area contributed by atoms with Crippen molar-refractivity contribution in [2.24, 2.45) is 0 Å². The summed E-state index contributed by atoms with van der Waals surface area (Å²) in [5.74, 6) is 0.231. The zero-order valence-electron chi connectivity index (χ0n) is 16.5. The molecule has 1 aliphatic carbocycles. The van der Waals surface area contributed by atoms with E-state index in [4.69, 9.17) is 4.74 Å². The molecule has 28 heavy (non-hydrogen) atoms. The van der Waals surface area contributed by atoms with Gasteiger partial charge in [-0.2, -0.15) is 0 Å². The first-order valence-corrected chi connectivity index (χ1v) is 10.2. The van der Waals surface area contributed by atoms with Gasteiger partial charge in [-0.05, 0) is 18.4 Å². The molecule has 2 saturated heterocycles. The Hall–Kier alpha value is -0.850. The minimum Gasteiger partial charge on any atom is -0.378 e. The Balaban J connectivity index is 0.00000140. The molecule has 3 fully saturated rings. The van der Waals surface area contributed by atoms with E-state index in [1.165, 1.54) is 37.7 Å². The number of carbonyl (C=O) groups is 1. The second-order valence-electron chi connectivity index (χ2n) is 8.03. The van der Waals surface area contributed by atoms with Crippen molar-refractivity contribution < 1.29 is 9.53 Å². The summed E-state index contributed by atoms with van der Waals surface area (Å²) >= 11 is 0. The second kappa shape index (κ2) is 10.8. The fraction of sp³-hybridized carbons (Fsp3) is 0.667. The number of carbonyl (C=O) groups excluding carboxylic acids is 1. The van der Waals surface area contributed by atoms with Crippen molar-refractivity contribution in [2.45, 2.75) is 50.2 Å². The Morgan fingerprint density at radius 2 is 1.86 bits per heavy atom. The van der Waals surface area contributed by atoms with Crippen LogP contribution in [-0.2, 0) is 16.1 Å². The van der Waals surface area contributed by atoms with Crippen molar-refractivity contribution in [1.82, 2.24) is 15.1 Å². The Morgan fingerprint density at radius 3 is 2.54 bits per heavy atom. The summed E-state index contributed by atoms with van der Waals surface area (Å²) in [7, 11) is 0. The van der Waals surface area contributed by atoms with Gasteiger partial charge in [0.2, 0.25) is 5.91 Å². The molecule has 1 saturated carbocycles. The number of nitrogens with zero attached hydrogens (tertiary/aromatic N) is 2. The van der Waals surface area contributed by atoms with Crippen molar-refractivity contribution in [3.63, 3.8) is 0 Å². The predicted octanol–water partition coefficient (Wildman–Crippen LogP) is 2.87. The average Bonchev–Trinajstić information content (AvgIpc) is 2.71. The van der Waals surface area contributed by atoms with Gasteiger partial charge in [0.15, 0.2) is 0 Å². The molecule has 0 radical (unpaired) electrons. The van der Waals surface area contributed by atoms with Gasteiger partial charge in [-0.3, -0.25) is 9.69 Å². The Bertz CT molecular complexity index is 605. The van der Waals surface area contributed by atoms with Crippen LogP contribution in [0.1, 0.15) is 37.7 Å². The summed E-state index contributed by atoms with van der Waals surface area (Å²) in [5.41, 5.74) is 1.52. The fourth-order valence-electron chi connectivity index (χ4n) is 4.88. The SMILES string of the molecule is Cl.Cl.O=C(C1COCCN1)N1CCN(Cc2ccccc2)C2(CCCCC2)C1. The summed E-state index contributed by atoms with van der Waals surface area (Å²) in [6.45, 7) is 5.65. The highest BCUT2D eigenvalue weighted by Crippen LogP contribution is 2.37. The molecule has 1 atom stereocenters. The largest absolute Gasteiger partial charge is 0.378 e. The molecule has 1 amide bonds. The van der Waals surface area contributed by atoms with E-state index >= 15 is 0 Å². The van der Waals surface area contributed by atoms with Gasteiger partial charge in [0, 0.05) is 38.3 Å². The molecule has 7 heteroatoms. The average molecular weight is 430 g/mol. The molecule has 0 bridgehead atoms. The Kier molecular flexibility index (Phi) is 9.03. The molecule has 1 aromatic carbocycles. The van der Waals surface area contributed by atoms with Gasteiger partial charge in [-0.25, -0.2) is 0 Å². The third-order valence-corrected chi connectivity index (χ3v) is 6.33. The van der Waals surface area contributed by atoms with Crippen LogP contribution in [0.25, 0.3) is 0 Å². The van der Waals surface area contributed by atoms with E-state index in [9.17, 15) is 4.79 Å². The molecular weight excluding hydrogens is 397 g/mol. The monoisotopic (exact) mass is 429 g/mol. The lowest BCUT2D eigenvalue weighted by molar-refractivity contribution is -0.143. The van der Waals surface area contributed by atoms with Gasteiger partial charge < -0.3 is 15.0 Å². The standard InChI is InChI=1S/C21H31N3O2.2ClH/c25-20(19-16-26-14-11-22-19)23-12-13-24(15-18-7-3-1-4-8-18)21(17-23)9-5-2-6-10-21;;/h1,3-4,7-8,19,22H,2,5-6,9-17H2;2*1H. The zero-order valence-corrected chi connectivity index (χ0v) is 18.1. The maximum atomic E-state index is 13.0. The summed E-state index contributed by atoms with van der Waals surface area (Å²) in [6, 6.07) is 10.6. The van der Waals surface area contributed by atoms with Gasteiger partial charge in [0.25, 0.3) is 0 Å². The first-order chi connectivity index (χ1) is 12.8. The van der Waals surface area contributed by atoms with Gasteiger partial charge in [0.1, 0.15) is 6.04 Å². The van der Waals surface area contributed by atoms with E-state index in [1.807, 2.05) is 0 Å². The number of piperazine rings is 1. The van der Waals surface area contributed by atoms with Crippen LogP contribution in [0.4, 0.5) is 0 Å². The minimum absolute atomic E-state index is 0. The second-order valence-corrected chi connectivity index (χ2v) is 8.03. The van der Waals surface area contributed by atoms with Crippen LogP contribution in [0.5, 0.6) is 0 Å². The number of hydrogen-bond donors (Lipinski definition) is 1. The molecule has 2 heterocycles. The van der Waals surface area contributed by atoms with Crippen molar-refractivity contribution in [2.75, 3.05) is 39.4 Å². The zero-order chi connectivity index (χ0) is 17.8. The quantitative estimate of drug-likeness (QED) is 0.801. The number of benzene rings is 1. The van der Waals surface area contributed by atoms with E-state index in [0.717, 1.165) is 32.7 Å². The van der Waals surface area contributed by atoms with Gasteiger partial charge in [-0.15, -0.1) is 24.8 Å². The maximum absolute atomic E-state index is 13.0. The van der Waals surface area contributed by atoms with Crippen molar-refractivity contribution in [3.05, 3.63) is 35.9 Å². The van der Waals surface area contributed by atoms with Crippen LogP contribution in [0.15, 0.2) is 30.3 Å². The van der Waals surface area contributed by atoms with Gasteiger partial charge in [0.05, 0.1) is 13.2 Å². The van der Waals surface area contributed by atoms with Crippen LogP contribution in [0.2, 0.25) is 0 Å².